The third-order valence-electron chi connectivity index (χ3n) is 3.25. The van der Waals surface area contributed by atoms with Crippen molar-refractivity contribution in [2.75, 3.05) is 6.61 Å². The van der Waals surface area contributed by atoms with E-state index in [-0.39, 0.29) is 11.4 Å². The van der Waals surface area contributed by atoms with E-state index in [4.69, 9.17) is 16.6 Å². The third kappa shape index (κ3) is 6.34. The second-order valence-corrected chi connectivity index (χ2v) is 6.47. The second-order valence-electron chi connectivity index (χ2n) is 5.43. The zero-order valence-corrected chi connectivity index (χ0v) is 14.6. The monoisotopic (exact) mass is 374 g/mol. The molecule has 1 heterocycles. The normalized spacial score (nSPS) is 15.7. The Morgan fingerprint density at radius 2 is 1.84 bits per heavy atom. The predicted octanol–water partition coefficient (Wildman–Crippen LogP) is -1.92. The van der Waals surface area contributed by atoms with Gasteiger partial charge in [0.2, 0.25) is 5.91 Å². The zero-order chi connectivity index (χ0) is 19.1. The number of aliphatic hydroxyl groups is 2. The quantitative estimate of drug-likeness (QED) is 0.288. The first-order valence-corrected chi connectivity index (χ1v) is 8.20. The van der Waals surface area contributed by atoms with Crippen molar-refractivity contribution in [1.29, 1.82) is 0 Å². The largest absolute Gasteiger partial charge is 0.394 e. The number of nitrogens with one attached hydrogen (secondary N) is 2. The number of carbonyl (C=O) groups is 3. The lowest BCUT2D eigenvalue weighted by Gasteiger charge is -2.18. The van der Waals surface area contributed by atoms with Gasteiger partial charge in [-0.3, -0.25) is 9.59 Å². The first-order valence-electron chi connectivity index (χ1n) is 7.39. The van der Waals surface area contributed by atoms with Gasteiger partial charge in [-0.25, -0.2) is 4.79 Å². The molecule has 12 heteroatoms. The molecule has 25 heavy (non-hydrogen) atoms. The van der Waals surface area contributed by atoms with E-state index in [1.54, 1.807) is 0 Å². The topological polar surface area (TPSA) is 194 Å². The van der Waals surface area contributed by atoms with E-state index >= 15 is 0 Å². The molecule has 0 aliphatic heterocycles. The molecule has 1 aromatic rings. The fourth-order valence-corrected chi connectivity index (χ4v) is 2.76. The maximum Gasteiger partial charge on any atom is 0.316 e. The van der Waals surface area contributed by atoms with Crippen molar-refractivity contribution in [3.05, 3.63) is 10.0 Å². The summed E-state index contributed by atoms with van der Waals surface area (Å²) in [4.78, 5) is 34.5. The molecule has 0 spiro atoms. The van der Waals surface area contributed by atoms with E-state index in [0.29, 0.717) is 5.01 Å². The van der Waals surface area contributed by atoms with Gasteiger partial charge in [-0.2, -0.15) is 0 Å². The van der Waals surface area contributed by atoms with Crippen molar-refractivity contribution in [3.63, 3.8) is 0 Å². The fourth-order valence-electron chi connectivity index (χ4n) is 1.76. The fraction of sp³-hybridized carbons (Fsp3) is 0.615. The summed E-state index contributed by atoms with van der Waals surface area (Å²) in [6, 6.07) is -3.50. The van der Waals surface area contributed by atoms with Crippen LogP contribution in [0.1, 0.15) is 42.4 Å². The minimum absolute atomic E-state index is 0.254. The van der Waals surface area contributed by atoms with Gasteiger partial charge in [0.05, 0.1) is 31.2 Å². The predicted molar refractivity (Wildman–Crippen MR) is 88.3 cm³/mol. The van der Waals surface area contributed by atoms with Crippen molar-refractivity contribution in [2.45, 2.75) is 44.5 Å². The number of ketones is 1. The smallest absolute Gasteiger partial charge is 0.316 e. The Bertz CT molecular complexity index is 622. The summed E-state index contributed by atoms with van der Waals surface area (Å²) in [6.45, 7) is 2.15. The molecule has 1 aromatic heterocycles. The molecule has 0 saturated heterocycles. The highest BCUT2D eigenvalue weighted by molar-refractivity contribution is 7.11. The van der Waals surface area contributed by atoms with Crippen LogP contribution in [0.25, 0.3) is 0 Å². The lowest BCUT2D eigenvalue weighted by Crippen LogP contribution is -2.48. The first kappa shape index (κ1) is 20.9. The van der Waals surface area contributed by atoms with E-state index in [0.717, 1.165) is 11.3 Å². The van der Waals surface area contributed by atoms with Gasteiger partial charge < -0.3 is 32.3 Å². The summed E-state index contributed by atoms with van der Waals surface area (Å²) in [6.07, 6.45) is -1.11. The summed E-state index contributed by atoms with van der Waals surface area (Å²) >= 11 is 1.02. The SMILES string of the molecule is CC(=O)[C@H](CO)NC(=O)N[C@@H](CC(N)=O)c1nnc([C@@H](N)C(C)O)s1. The van der Waals surface area contributed by atoms with Crippen molar-refractivity contribution >= 4 is 29.1 Å². The molecule has 0 fully saturated rings. The van der Waals surface area contributed by atoms with Gasteiger partial charge in [-0.05, 0) is 13.8 Å². The van der Waals surface area contributed by atoms with Crippen molar-refractivity contribution in [1.82, 2.24) is 20.8 Å². The number of amides is 3. The molecule has 0 bridgehead atoms. The number of aromatic nitrogens is 2. The molecule has 0 aromatic carbocycles. The summed E-state index contributed by atoms with van der Waals surface area (Å²) in [7, 11) is 0. The van der Waals surface area contributed by atoms with Gasteiger partial charge in [0.15, 0.2) is 5.78 Å². The maximum absolute atomic E-state index is 12.0. The number of Topliss-reactive ketones (excluding diaryl/α,β-unsaturated/α-hetero) is 1. The van der Waals surface area contributed by atoms with Crippen molar-refractivity contribution < 1.29 is 24.6 Å². The van der Waals surface area contributed by atoms with Gasteiger partial charge in [0.1, 0.15) is 16.1 Å². The highest BCUT2D eigenvalue weighted by Crippen LogP contribution is 2.25. The number of hydrogen-bond acceptors (Lipinski definition) is 9. The Morgan fingerprint density at radius 3 is 2.32 bits per heavy atom. The summed E-state index contributed by atoms with van der Waals surface area (Å²) in [5, 5.41) is 31.6. The highest BCUT2D eigenvalue weighted by atomic mass is 32.1. The summed E-state index contributed by atoms with van der Waals surface area (Å²) in [5.74, 6) is -1.11. The second kappa shape index (κ2) is 9.36. The van der Waals surface area contributed by atoms with Crippen LogP contribution >= 0.6 is 11.3 Å². The Balaban J connectivity index is 2.89. The summed E-state index contributed by atoms with van der Waals surface area (Å²) in [5.41, 5.74) is 11.0. The van der Waals surface area contributed by atoms with Gasteiger partial charge in [0.25, 0.3) is 0 Å². The third-order valence-corrected chi connectivity index (χ3v) is 4.39. The van der Waals surface area contributed by atoms with Crippen molar-refractivity contribution in [2.24, 2.45) is 11.5 Å². The Kier molecular flexibility index (Phi) is 7.83. The molecular formula is C13H22N6O5S. The molecule has 0 radical (unpaired) electrons. The van der Waals surface area contributed by atoms with Crippen LogP contribution in [0, 0.1) is 0 Å². The maximum atomic E-state index is 12.0. The summed E-state index contributed by atoms with van der Waals surface area (Å²) < 4.78 is 0. The minimum Gasteiger partial charge on any atom is -0.394 e. The van der Waals surface area contributed by atoms with E-state index in [1.807, 2.05) is 0 Å². The van der Waals surface area contributed by atoms with Gasteiger partial charge >= 0.3 is 6.03 Å². The van der Waals surface area contributed by atoms with Crippen LogP contribution in [-0.4, -0.2) is 56.9 Å². The van der Waals surface area contributed by atoms with Crippen LogP contribution in [0.4, 0.5) is 4.79 Å². The zero-order valence-electron chi connectivity index (χ0n) is 13.8. The molecule has 8 N–H and O–H groups in total. The number of rotatable bonds is 9. The molecule has 3 amide bonds. The van der Waals surface area contributed by atoms with Crippen LogP contribution in [0.3, 0.4) is 0 Å². The van der Waals surface area contributed by atoms with Crippen LogP contribution in [0.2, 0.25) is 0 Å². The molecule has 1 unspecified atom stereocenters. The number of nitrogens with zero attached hydrogens (tertiary/aromatic N) is 2. The van der Waals surface area contributed by atoms with Crippen LogP contribution in [0.15, 0.2) is 0 Å². The van der Waals surface area contributed by atoms with Crippen molar-refractivity contribution in [3.8, 4) is 0 Å². The Morgan fingerprint density at radius 1 is 1.24 bits per heavy atom. The number of carbonyl (C=O) groups excluding carboxylic acids is 3. The number of primary amides is 1. The lowest BCUT2D eigenvalue weighted by atomic mass is 10.2. The van der Waals surface area contributed by atoms with Gasteiger partial charge in [0, 0.05) is 0 Å². The number of aliphatic hydroxyl groups excluding tert-OH is 2. The standard InChI is InChI=1S/C13H22N6O5S/c1-5(21)8(4-20)17-13(24)16-7(3-9(14)23)11-18-19-12(25-11)10(15)6(2)22/h6-8,10,20,22H,3-4,15H2,1-2H3,(H2,14,23)(H2,16,17,24)/t6?,7-,8-,10-/m0/s1. The molecule has 11 nitrogen and oxygen atoms in total. The van der Waals surface area contributed by atoms with Gasteiger partial charge in [-0.15, -0.1) is 10.2 Å². The molecule has 0 aliphatic rings. The lowest BCUT2D eigenvalue weighted by molar-refractivity contribution is -0.120. The molecular weight excluding hydrogens is 352 g/mol. The molecule has 0 saturated carbocycles. The van der Waals surface area contributed by atoms with Gasteiger partial charge in [-0.1, -0.05) is 11.3 Å². The molecule has 4 atom stereocenters. The molecule has 140 valence electrons. The van der Waals surface area contributed by atoms with E-state index in [1.165, 1.54) is 13.8 Å². The minimum atomic E-state index is -1.07. The highest BCUT2D eigenvalue weighted by Gasteiger charge is 2.25. The van der Waals surface area contributed by atoms with Crippen LogP contribution in [-0.2, 0) is 9.59 Å². The number of urea groups is 1. The Labute approximate surface area is 147 Å². The van der Waals surface area contributed by atoms with E-state index in [9.17, 15) is 19.5 Å². The molecule has 1 rings (SSSR count). The van der Waals surface area contributed by atoms with E-state index in [2.05, 4.69) is 20.8 Å². The van der Waals surface area contributed by atoms with Crippen LogP contribution < -0.4 is 22.1 Å². The first-order chi connectivity index (χ1) is 11.6. The average Bonchev–Trinajstić information content (AvgIpc) is 3.00. The van der Waals surface area contributed by atoms with Crippen LogP contribution in [0.5, 0.6) is 0 Å². The average molecular weight is 374 g/mol. The molecule has 0 aliphatic carbocycles. The van der Waals surface area contributed by atoms with E-state index < -0.39 is 48.6 Å². The number of hydrogen-bond donors (Lipinski definition) is 6. The Hall–Kier alpha value is -2.15. The number of nitrogens with two attached hydrogens (primary N) is 2.